The van der Waals surface area contributed by atoms with Gasteiger partial charge in [0.25, 0.3) is 5.91 Å². The predicted molar refractivity (Wildman–Crippen MR) is 145 cm³/mol. The normalized spacial score (nSPS) is 18.3. The van der Waals surface area contributed by atoms with E-state index >= 15 is 0 Å². The van der Waals surface area contributed by atoms with Crippen LogP contribution in [0.3, 0.4) is 0 Å². The second-order valence-corrected chi connectivity index (χ2v) is 10.8. The zero-order valence-corrected chi connectivity index (χ0v) is 21.5. The number of carbonyl (C=O) groups excluding carboxylic acids is 2. The van der Waals surface area contributed by atoms with Gasteiger partial charge in [-0.05, 0) is 44.5 Å². The Kier molecular flexibility index (Phi) is 6.25. The van der Waals surface area contributed by atoms with E-state index in [1.165, 1.54) is 37.3 Å². The molecule has 3 aromatic heterocycles. The number of likely N-dealkylation sites (tertiary alicyclic amines) is 1. The van der Waals surface area contributed by atoms with Crippen LogP contribution in [0.15, 0.2) is 35.3 Å². The summed E-state index contributed by atoms with van der Waals surface area (Å²) >= 11 is 1.42. The van der Waals surface area contributed by atoms with E-state index in [-0.39, 0.29) is 28.8 Å². The number of para-hydroxylation sites is 1. The van der Waals surface area contributed by atoms with E-state index in [0.29, 0.717) is 41.4 Å². The van der Waals surface area contributed by atoms with Crippen molar-refractivity contribution in [3.05, 3.63) is 46.2 Å². The van der Waals surface area contributed by atoms with E-state index in [1.807, 2.05) is 33.6 Å². The van der Waals surface area contributed by atoms with Gasteiger partial charge < -0.3 is 20.4 Å². The Hall–Kier alpha value is -3.57. The van der Waals surface area contributed by atoms with Crippen LogP contribution in [0, 0.1) is 0 Å². The fourth-order valence-electron chi connectivity index (χ4n) is 5.41. The number of rotatable bonds is 6. The van der Waals surface area contributed by atoms with Gasteiger partial charge in [0, 0.05) is 45.3 Å². The second-order valence-electron chi connectivity index (χ2n) is 9.76. The smallest absolute Gasteiger partial charge is 0.258 e. The molecule has 0 saturated carbocycles. The molecule has 2 fully saturated rings. The number of nitrogens with zero attached hydrogens (tertiary/aromatic N) is 5. The average Bonchev–Trinajstić information content (AvgIpc) is 3.64. The third-order valence-electron chi connectivity index (χ3n) is 7.19. The van der Waals surface area contributed by atoms with Crippen LogP contribution < -0.4 is 21.0 Å². The molecule has 5 heterocycles. The van der Waals surface area contributed by atoms with Crippen LogP contribution in [-0.2, 0) is 4.79 Å². The minimum atomic E-state index is -0.364. The van der Waals surface area contributed by atoms with Gasteiger partial charge in [0.15, 0.2) is 5.65 Å². The van der Waals surface area contributed by atoms with Gasteiger partial charge in [-0.3, -0.25) is 18.8 Å². The van der Waals surface area contributed by atoms with Gasteiger partial charge in [-0.1, -0.05) is 12.1 Å². The van der Waals surface area contributed by atoms with Crippen LogP contribution in [0.25, 0.3) is 26.1 Å². The molecule has 2 amide bonds. The summed E-state index contributed by atoms with van der Waals surface area (Å²) in [7, 11) is 0. The van der Waals surface area contributed by atoms with E-state index in [1.54, 1.807) is 0 Å². The van der Waals surface area contributed by atoms with Gasteiger partial charge in [-0.15, -0.1) is 11.3 Å². The summed E-state index contributed by atoms with van der Waals surface area (Å²) < 4.78 is 2.88. The molecule has 2 aliphatic heterocycles. The standard InChI is InChI=1S/C26H29N7O3S/c1-16(34)29-17-8-12-32(15-17)26-28-14-18-22(35)21(24(36)27-9-13-31-10-4-5-11-31)25-33(23(18)30-26)19-6-2-3-7-20(19)37-25/h2-3,6-7,14,17H,4-5,8-13,15H2,1H3,(H,27,36)(H,29,34). The average molecular weight is 520 g/mol. The number of carbonyl (C=O) groups is 2. The van der Waals surface area contributed by atoms with Crippen LogP contribution >= 0.6 is 11.3 Å². The molecule has 0 radical (unpaired) electrons. The summed E-state index contributed by atoms with van der Waals surface area (Å²) in [4.78, 5) is 52.8. The number of benzene rings is 1. The maximum absolute atomic E-state index is 13.7. The third-order valence-corrected chi connectivity index (χ3v) is 8.33. The van der Waals surface area contributed by atoms with E-state index in [0.717, 1.165) is 36.3 Å². The van der Waals surface area contributed by atoms with Crippen molar-refractivity contribution in [1.82, 2.24) is 29.9 Å². The number of amides is 2. The fourth-order valence-corrected chi connectivity index (χ4v) is 6.59. The zero-order chi connectivity index (χ0) is 25.5. The first kappa shape index (κ1) is 23.8. The SMILES string of the molecule is CC(=O)NC1CCN(c2ncc3c(=O)c(C(=O)NCCN4CCCC4)c4sc5ccccc5n4c3n2)C1. The zero-order valence-electron chi connectivity index (χ0n) is 20.7. The Morgan fingerprint density at radius 1 is 1.16 bits per heavy atom. The topological polar surface area (TPSA) is 112 Å². The van der Waals surface area contributed by atoms with E-state index in [9.17, 15) is 14.4 Å². The molecule has 4 aromatic rings. The van der Waals surface area contributed by atoms with Crippen LogP contribution in [0.4, 0.5) is 5.95 Å². The number of anilines is 1. The van der Waals surface area contributed by atoms with Crippen molar-refractivity contribution >= 4 is 55.2 Å². The van der Waals surface area contributed by atoms with Crippen LogP contribution in [0.1, 0.15) is 36.5 Å². The number of pyridine rings is 1. The van der Waals surface area contributed by atoms with Crippen molar-refractivity contribution in [2.75, 3.05) is 44.2 Å². The van der Waals surface area contributed by atoms with Crippen molar-refractivity contribution in [3.63, 3.8) is 0 Å². The molecule has 10 nitrogen and oxygen atoms in total. The monoisotopic (exact) mass is 519 g/mol. The lowest BCUT2D eigenvalue weighted by atomic mass is 10.2. The van der Waals surface area contributed by atoms with Crippen molar-refractivity contribution in [3.8, 4) is 0 Å². The summed E-state index contributed by atoms with van der Waals surface area (Å²) in [5.74, 6) is 0.0825. The highest BCUT2D eigenvalue weighted by molar-refractivity contribution is 7.24. The van der Waals surface area contributed by atoms with Gasteiger partial charge in [0.05, 0.1) is 15.6 Å². The quantitative estimate of drug-likeness (QED) is 0.401. The van der Waals surface area contributed by atoms with Crippen molar-refractivity contribution < 1.29 is 9.59 Å². The van der Waals surface area contributed by atoms with E-state index in [2.05, 4.69) is 20.5 Å². The second kappa shape index (κ2) is 9.71. The molecule has 37 heavy (non-hydrogen) atoms. The molecule has 2 aliphatic rings. The van der Waals surface area contributed by atoms with Gasteiger partial charge in [-0.2, -0.15) is 4.98 Å². The Bertz CT molecular complexity index is 1570. The lowest BCUT2D eigenvalue weighted by molar-refractivity contribution is -0.119. The third kappa shape index (κ3) is 4.42. The van der Waals surface area contributed by atoms with Crippen molar-refractivity contribution in [2.45, 2.75) is 32.2 Å². The lowest BCUT2D eigenvalue weighted by Crippen LogP contribution is -2.36. The molecular formula is C26H29N7O3S. The molecule has 2 saturated heterocycles. The van der Waals surface area contributed by atoms with Crippen molar-refractivity contribution in [2.24, 2.45) is 0 Å². The molecule has 6 rings (SSSR count). The molecule has 1 atom stereocenters. The molecule has 0 spiro atoms. The molecule has 1 unspecified atom stereocenters. The maximum Gasteiger partial charge on any atom is 0.258 e. The number of thiazole rings is 1. The first-order valence-corrected chi connectivity index (χ1v) is 13.6. The summed E-state index contributed by atoms with van der Waals surface area (Å²) in [5, 5.41) is 6.24. The largest absolute Gasteiger partial charge is 0.352 e. The molecule has 11 heteroatoms. The highest BCUT2D eigenvalue weighted by atomic mass is 32.1. The molecule has 2 N–H and O–H groups in total. The van der Waals surface area contributed by atoms with Gasteiger partial charge >= 0.3 is 0 Å². The highest BCUT2D eigenvalue weighted by Gasteiger charge is 2.27. The number of hydrogen-bond donors (Lipinski definition) is 2. The minimum Gasteiger partial charge on any atom is -0.352 e. The summed E-state index contributed by atoms with van der Waals surface area (Å²) in [6.07, 6.45) is 4.71. The van der Waals surface area contributed by atoms with E-state index < -0.39 is 0 Å². The van der Waals surface area contributed by atoms with Gasteiger partial charge in [0.1, 0.15) is 10.4 Å². The van der Waals surface area contributed by atoms with E-state index in [4.69, 9.17) is 4.98 Å². The van der Waals surface area contributed by atoms with Gasteiger partial charge in [0.2, 0.25) is 17.3 Å². The molecule has 0 bridgehead atoms. The highest BCUT2D eigenvalue weighted by Crippen LogP contribution is 2.31. The number of nitrogens with one attached hydrogen (secondary N) is 2. The molecular weight excluding hydrogens is 490 g/mol. The van der Waals surface area contributed by atoms with Crippen LogP contribution in [0.2, 0.25) is 0 Å². The maximum atomic E-state index is 13.7. The number of hydrogen-bond acceptors (Lipinski definition) is 8. The van der Waals surface area contributed by atoms with Crippen LogP contribution in [0.5, 0.6) is 0 Å². The Labute approximate surface area is 217 Å². The number of aromatic nitrogens is 3. The van der Waals surface area contributed by atoms with Crippen molar-refractivity contribution in [1.29, 1.82) is 0 Å². The Morgan fingerprint density at radius 3 is 2.78 bits per heavy atom. The minimum absolute atomic E-state index is 0.0353. The number of fused-ring (bicyclic) bond motifs is 5. The fraction of sp³-hybridized carbons (Fsp3) is 0.423. The Balaban J connectivity index is 1.42. The summed E-state index contributed by atoms with van der Waals surface area (Å²) in [6.45, 7) is 6.20. The summed E-state index contributed by atoms with van der Waals surface area (Å²) in [5.41, 5.74) is 1.16. The van der Waals surface area contributed by atoms with Gasteiger partial charge in [-0.25, -0.2) is 4.98 Å². The first-order valence-electron chi connectivity index (χ1n) is 12.7. The predicted octanol–water partition coefficient (Wildman–Crippen LogP) is 2.00. The molecule has 0 aliphatic carbocycles. The molecule has 192 valence electrons. The first-order chi connectivity index (χ1) is 18.0. The van der Waals surface area contributed by atoms with Crippen LogP contribution in [-0.4, -0.2) is 76.4 Å². The summed E-state index contributed by atoms with van der Waals surface area (Å²) in [6, 6.07) is 7.88. The lowest BCUT2D eigenvalue weighted by Gasteiger charge is -2.17. The molecule has 1 aromatic carbocycles. The Morgan fingerprint density at radius 2 is 1.97 bits per heavy atom.